The van der Waals surface area contributed by atoms with E-state index in [2.05, 4.69) is 0 Å². The zero-order valence-corrected chi connectivity index (χ0v) is 11.0. The van der Waals surface area contributed by atoms with Crippen LogP contribution in [-0.2, 0) is 9.59 Å². The van der Waals surface area contributed by atoms with E-state index in [1.807, 2.05) is 0 Å². The molecule has 0 spiro atoms. The van der Waals surface area contributed by atoms with Crippen LogP contribution in [0, 0.1) is 11.6 Å². The van der Waals surface area contributed by atoms with E-state index in [4.69, 9.17) is 0 Å². The van der Waals surface area contributed by atoms with Crippen LogP contribution in [0.3, 0.4) is 0 Å². The first-order valence-electron chi connectivity index (χ1n) is 5.93. The molecular weight excluding hydrogens is 272 g/mol. The molecule has 0 unspecified atom stereocenters. The highest BCUT2D eigenvalue weighted by molar-refractivity contribution is 8.00. The summed E-state index contributed by atoms with van der Waals surface area (Å²) in [5.74, 6) is -1.16. The molecule has 0 atom stereocenters. The number of halogens is 2. The third kappa shape index (κ3) is 3.76. The van der Waals surface area contributed by atoms with Crippen molar-refractivity contribution in [2.24, 2.45) is 0 Å². The monoisotopic (exact) mass is 285 g/mol. The first kappa shape index (κ1) is 14.0. The first-order chi connectivity index (χ1) is 9.06. The van der Waals surface area contributed by atoms with E-state index < -0.39 is 11.6 Å². The molecule has 1 amide bonds. The highest BCUT2D eigenvalue weighted by atomic mass is 32.2. The summed E-state index contributed by atoms with van der Waals surface area (Å²) in [6.07, 6.45) is 0.780. The average Bonchev–Trinajstić information content (AvgIpc) is 2.38. The van der Waals surface area contributed by atoms with Crippen LogP contribution in [0.4, 0.5) is 8.78 Å². The fourth-order valence-electron chi connectivity index (χ4n) is 1.83. The fourth-order valence-corrected chi connectivity index (χ4v) is 2.65. The lowest BCUT2D eigenvalue weighted by Gasteiger charge is -2.25. The van der Waals surface area contributed by atoms with Crippen molar-refractivity contribution in [3.8, 4) is 0 Å². The van der Waals surface area contributed by atoms with Crippen molar-refractivity contribution in [3.05, 3.63) is 29.8 Å². The molecule has 0 aliphatic carbocycles. The Bertz CT molecular complexity index is 497. The number of hydrogen-bond donors (Lipinski definition) is 0. The van der Waals surface area contributed by atoms with E-state index >= 15 is 0 Å². The molecule has 0 saturated carbocycles. The molecule has 1 heterocycles. The lowest BCUT2D eigenvalue weighted by atomic mass is 10.1. The van der Waals surface area contributed by atoms with Gasteiger partial charge in [-0.25, -0.2) is 8.78 Å². The number of thioether (sulfide) groups is 1. The summed E-state index contributed by atoms with van der Waals surface area (Å²) >= 11 is 1.04. The van der Waals surface area contributed by atoms with Gasteiger partial charge in [0.25, 0.3) is 0 Å². The van der Waals surface area contributed by atoms with Crippen molar-refractivity contribution in [3.63, 3.8) is 0 Å². The Labute approximate surface area is 114 Å². The fraction of sp³-hybridized carbons (Fsp3) is 0.385. The summed E-state index contributed by atoms with van der Waals surface area (Å²) in [7, 11) is 0. The van der Waals surface area contributed by atoms with Gasteiger partial charge in [-0.3, -0.25) is 9.59 Å². The van der Waals surface area contributed by atoms with Gasteiger partial charge in [-0.05, 0) is 12.1 Å². The van der Waals surface area contributed by atoms with E-state index in [-0.39, 0.29) is 22.3 Å². The third-order valence-electron chi connectivity index (χ3n) is 2.92. The Kier molecular flexibility index (Phi) is 4.52. The zero-order valence-electron chi connectivity index (χ0n) is 10.2. The topological polar surface area (TPSA) is 37.4 Å². The molecule has 3 nitrogen and oxygen atoms in total. The maximum atomic E-state index is 13.4. The summed E-state index contributed by atoms with van der Waals surface area (Å²) < 4.78 is 26.1. The van der Waals surface area contributed by atoms with Crippen molar-refractivity contribution in [2.75, 3.05) is 18.8 Å². The Balaban J connectivity index is 1.88. The summed E-state index contributed by atoms with van der Waals surface area (Å²) in [5.41, 5.74) is 0. The Hall–Kier alpha value is -1.43. The summed E-state index contributed by atoms with van der Waals surface area (Å²) in [6, 6.07) is 3.28. The van der Waals surface area contributed by atoms with Gasteiger partial charge < -0.3 is 4.90 Å². The van der Waals surface area contributed by atoms with Gasteiger partial charge in [-0.1, -0.05) is 0 Å². The third-order valence-corrected chi connectivity index (χ3v) is 3.95. The van der Waals surface area contributed by atoms with Crippen molar-refractivity contribution >= 4 is 23.5 Å². The predicted octanol–water partition coefficient (Wildman–Crippen LogP) is 2.25. The number of carbonyl (C=O) groups excluding carboxylic acids is 2. The summed E-state index contributed by atoms with van der Waals surface area (Å²) in [4.78, 5) is 24.8. The minimum absolute atomic E-state index is 0.0940. The normalized spacial score (nSPS) is 15.7. The SMILES string of the molecule is O=C1CCN(C(=O)CSc2ccc(F)cc2F)CC1. The van der Waals surface area contributed by atoms with Gasteiger partial charge in [-0.2, -0.15) is 0 Å². The molecule has 2 rings (SSSR count). The Morgan fingerprint density at radius 2 is 1.95 bits per heavy atom. The van der Waals surface area contributed by atoms with Crippen LogP contribution in [0.1, 0.15) is 12.8 Å². The number of likely N-dealkylation sites (tertiary alicyclic amines) is 1. The number of carbonyl (C=O) groups is 2. The molecule has 0 aromatic heterocycles. The molecule has 1 fully saturated rings. The molecule has 1 aromatic rings. The molecule has 0 radical (unpaired) electrons. The van der Waals surface area contributed by atoms with E-state index in [0.717, 1.165) is 23.9 Å². The maximum Gasteiger partial charge on any atom is 0.232 e. The quantitative estimate of drug-likeness (QED) is 0.799. The van der Waals surface area contributed by atoms with Crippen LogP contribution >= 0.6 is 11.8 Å². The van der Waals surface area contributed by atoms with Gasteiger partial charge in [0.1, 0.15) is 17.4 Å². The van der Waals surface area contributed by atoms with Gasteiger partial charge in [0, 0.05) is 36.9 Å². The number of benzene rings is 1. The average molecular weight is 285 g/mol. The molecule has 0 N–H and O–H groups in total. The highest BCUT2D eigenvalue weighted by Crippen LogP contribution is 2.23. The largest absolute Gasteiger partial charge is 0.341 e. The van der Waals surface area contributed by atoms with Gasteiger partial charge >= 0.3 is 0 Å². The number of Topliss-reactive ketones (excluding diaryl/α,β-unsaturated/α-hetero) is 1. The molecule has 6 heteroatoms. The predicted molar refractivity (Wildman–Crippen MR) is 67.9 cm³/mol. The van der Waals surface area contributed by atoms with Crippen molar-refractivity contribution in [1.82, 2.24) is 4.90 Å². The molecule has 1 aromatic carbocycles. The van der Waals surface area contributed by atoms with Gasteiger partial charge in [0.15, 0.2) is 0 Å². The smallest absolute Gasteiger partial charge is 0.232 e. The van der Waals surface area contributed by atoms with E-state index in [0.29, 0.717) is 25.9 Å². The minimum Gasteiger partial charge on any atom is -0.341 e. The van der Waals surface area contributed by atoms with Crippen molar-refractivity contribution < 1.29 is 18.4 Å². The van der Waals surface area contributed by atoms with Crippen LogP contribution in [0.2, 0.25) is 0 Å². The maximum absolute atomic E-state index is 13.4. The van der Waals surface area contributed by atoms with E-state index in [1.54, 1.807) is 4.90 Å². The number of piperidine rings is 1. The summed E-state index contributed by atoms with van der Waals surface area (Å²) in [6.45, 7) is 0.869. The molecule has 1 saturated heterocycles. The van der Waals surface area contributed by atoms with Crippen LogP contribution in [0.5, 0.6) is 0 Å². The standard InChI is InChI=1S/C13H13F2NO2S/c14-9-1-2-12(11(15)7-9)19-8-13(18)16-5-3-10(17)4-6-16/h1-2,7H,3-6,8H2. The van der Waals surface area contributed by atoms with Gasteiger partial charge in [0.2, 0.25) is 5.91 Å². The Morgan fingerprint density at radius 3 is 2.58 bits per heavy atom. The number of amides is 1. The van der Waals surface area contributed by atoms with Crippen LogP contribution < -0.4 is 0 Å². The van der Waals surface area contributed by atoms with E-state index in [1.165, 1.54) is 6.07 Å². The number of hydrogen-bond acceptors (Lipinski definition) is 3. The second-order valence-corrected chi connectivity index (χ2v) is 5.30. The molecule has 1 aliphatic rings. The van der Waals surface area contributed by atoms with Crippen LogP contribution in [0.15, 0.2) is 23.1 Å². The minimum atomic E-state index is -0.661. The lowest BCUT2D eigenvalue weighted by Crippen LogP contribution is -2.39. The second kappa shape index (κ2) is 6.14. The molecular formula is C13H13F2NO2S. The number of nitrogens with zero attached hydrogens (tertiary/aromatic N) is 1. The zero-order chi connectivity index (χ0) is 13.8. The van der Waals surface area contributed by atoms with E-state index in [9.17, 15) is 18.4 Å². The first-order valence-corrected chi connectivity index (χ1v) is 6.92. The summed E-state index contributed by atoms with van der Waals surface area (Å²) in [5, 5.41) is 0. The van der Waals surface area contributed by atoms with Crippen molar-refractivity contribution in [2.45, 2.75) is 17.7 Å². The number of ketones is 1. The highest BCUT2D eigenvalue weighted by Gasteiger charge is 2.20. The molecule has 0 bridgehead atoms. The van der Waals surface area contributed by atoms with Crippen LogP contribution in [-0.4, -0.2) is 35.4 Å². The van der Waals surface area contributed by atoms with Gasteiger partial charge in [-0.15, -0.1) is 11.8 Å². The molecule has 102 valence electrons. The molecule has 19 heavy (non-hydrogen) atoms. The second-order valence-electron chi connectivity index (χ2n) is 4.28. The number of rotatable bonds is 3. The lowest BCUT2D eigenvalue weighted by molar-refractivity contribution is -0.132. The van der Waals surface area contributed by atoms with Crippen LogP contribution in [0.25, 0.3) is 0 Å². The van der Waals surface area contributed by atoms with Crippen molar-refractivity contribution in [1.29, 1.82) is 0 Å². The molecule has 1 aliphatic heterocycles. The Morgan fingerprint density at radius 1 is 1.26 bits per heavy atom. The van der Waals surface area contributed by atoms with Gasteiger partial charge in [0.05, 0.1) is 5.75 Å².